The van der Waals surface area contributed by atoms with E-state index in [1.807, 2.05) is 0 Å². The molecule has 11 bridgehead atoms. The molecule has 0 saturated carbocycles. The summed E-state index contributed by atoms with van der Waals surface area (Å²) in [7, 11) is 0. The molecule has 114 heavy (non-hydrogen) atoms. The van der Waals surface area contributed by atoms with Crippen LogP contribution in [0.2, 0.25) is 10.0 Å². The van der Waals surface area contributed by atoms with Crippen LogP contribution < -0.4 is 62.5 Å². The Morgan fingerprint density at radius 2 is 1.25 bits per heavy atom. The van der Waals surface area contributed by atoms with Crippen LogP contribution in [-0.4, -0.2) is 207 Å². The minimum absolute atomic E-state index is 0.106. The molecule has 9 unspecified atom stereocenters. The number of nitrogens with two attached hydrogens (primary N) is 1. The monoisotopic (exact) mass is 1630 g/mol. The van der Waals surface area contributed by atoms with Crippen LogP contribution in [0.25, 0.3) is 11.1 Å². The molecule has 7 aliphatic heterocycles. The van der Waals surface area contributed by atoms with Crippen molar-refractivity contribution < 1.29 is 137 Å². The fourth-order valence-corrected chi connectivity index (χ4v) is 13.9. The Hall–Kier alpha value is -10.6. The molecule has 7 aliphatic rings. The fraction of sp³-hybridized carbons (Fsp3) is 0.467. The maximum atomic E-state index is 16.2. The number of carboxylic acid groups (broad SMARTS) is 1. The first-order valence-electron chi connectivity index (χ1n) is 35.8. The zero-order chi connectivity index (χ0) is 83.8. The van der Waals surface area contributed by atoms with Crippen molar-refractivity contribution in [2.75, 3.05) is 6.61 Å². The van der Waals surface area contributed by atoms with Gasteiger partial charge in [-0.2, -0.15) is 0 Å². The lowest BCUT2D eigenvalue weighted by atomic mass is 9.85. The van der Waals surface area contributed by atoms with Crippen LogP contribution in [0.3, 0.4) is 0 Å². The number of carbonyl (C=O) groups is 10. The summed E-state index contributed by atoms with van der Waals surface area (Å²) < 4.78 is 49.7. The number of rotatable bonds is 14. The molecule has 0 radical (unpaired) electrons. The summed E-state index contributed by atoms with van der Waals surface area (Å²) in [4.78, 5) is 145. The number of primary amides is 1. The van der Waals surface area contributed by atoms with Crippen molar-refractivity contribution in [3.63, 3.8) is 0 Å². The first-order chi connectivity index (χ1) is 53.3. The third kappa shape index (κ3) is 19.6. The van der Waals surface area contributed by atoms with E-state index in [9.17, 15) is 79.8 Å². The number of aromatic hydroxyl groups is 3. The highest BCUT2D eigenvalue weighted by Gasteiger charge is 2.53. The average Bonchev–Trinajstić information content (AvgIpc) is 0.763. The molecule has 7 heterocycles. The number of alkyl carbamates (subject to hydrolysis) is 2. The van der Waals surface area contributed by atoms with Gasteiger partial charge >= 0.3 is 18.2 Å². The van der Waals surface area contributed by atoms with Crippen molar-refractivity contribution in [2.45, 2.75) is 209 Å². The number of aliphatic hydroxyl groups is 6. The number of nitrogens with one attached hydrogen (secondary N) is 8. The average molecular weight is 1640 g/mol. The molecular formula is C75H89Cl2N9O28. The number of aliphatic carboxylic acids is 1. The van der Waals surface area contributed by atoms with Gasteiger partial charge in [-0.3, -0.25) is 33.6 Å². The van der Waals surface area contributed by atoms with Gasteiger partial charge in [0.05, 0.1) is 34.7 Å². The molecule has 2 saturated heterocycles. The van der Waals surface area contributed by atoms with Gasteiger partial charge in [0.2, 0.25) is 53.4 Å². The third-order valence-electron chi connectivity index (χ3n) is 18.9. The molecule has 616 valence electrons. The van der Waals surface area contributed by atoms with Crippen molar-refractivity contribution >= 4 is 82.7 Å². The van der Waals surface area contributed by atoms with Crippen LogP contribution >= 0.6 is 23.2 Å². The Labute approximate surface area is 660 Å². The third-order valence-corrected chi connectivity index (χ3v) is 19.5. The zero-order valence-electron chi connectivity index (χ0n) is 62.9. The van der Waals surface area contributed by atoms with E-state index in [2.05, 4.69) is 42.5 Å². The standard InChI is InChI=1S/C75H89Cl2N9O28/c1-28(2)17-39(80-71(105)113-73(4,5)6)63(97)84-54-56(92)31-12-15-43(37(76)19-31)108-45-21-33-22-46(60(45)112-70-61(59(95)58(94)47(27-87)110-70)111-49-26-75(10,62(96)29(3)107-49)86-72(106)114-74(7,8)9)109-44-16-13-32(20-38(44)77)57(93)55-68(102)83-53(69(103)104)36-23-34(88)24-42(90)50(36)35-18-30(11-14-41(35)89)51(65(99)85-55)82-66(100)52(33)81-64(98)40(25-48(78)91)79-67(54)101/h11-16,18-24,28-29,39-40,47,49,51-59,61-62,70,87-90,92-96H,17,25-27H2,1-10H3,(H2,78,91)(H,79,101)(H,80,105)(H,81,98)(H,82,100)(H,83,102)(H,84,97)(H,85,99)(H,86,106)(H,103,104)/t29?,39-,40+,47?,49?,51-,52-,53+,54-,55-,56-,57-,58?,59?,61?,62?,70?,75?/m1/s1. The summed E-state index contributed by atoms with van der Waals surface area (Å²) in [5, 5.41) is 134. The Balaban J connectivity index is 1.22. The zero-order valence-corrected chi connectivity index (χ0v) is 64.4. The maximum Gasteiger partial charge on any atom is 0.408 e. The molecule has 0 spiro atoms. The number of ether oxygens (including phenoxy) is 8. The molecule has 5 aromatic rings. The second kappa shape index (κ2) is 34.2. The lowest BCUT2D eigenvalue weighted by Crippen LogP contribution is -2.66. The lowest BCUT2D eigenvalue weighted by Gasteiger charge is -2.48. The predicted molar refractivity (Wildman–Crippen MR) is 395 cm³/mol. The van der Waals surface area contributed by atoms with Crippen molar-refractivity contribution in [1.82, 2.24) is 42.5 Å². The number of carboxylic acids is 1. The van der Waals surface area contributed by atoms with Crippen LogP contribution in [0.1, 0.15) is 147 Å². The van der Waals surface area contributed by atoms with E-state index in [1.165, 1.54) is 13.8 Å². The highest BCUT2D eigenvalue weighted by Crippen LogP contribution is 2.50. The number of halogens is 2. The van der Waals surface area contributed by atoms with Crippen LogP contribution in [0, 0.1) is 5.92 Å². The molecule has 2 fully saturated rings. The minimum atomic E-state index is -2.43. The van der Waals surface area contributed by atoms with Crippen LogP contribution in [0.4, 0.5) is 9.59 Å². The van der Waals surface area contributed by atoms with Gasteiger partial charge in [-0.15, -0.1) is 0 Å². The molecule has 9 amide bonds. The van der Waals surface area contributed by atoms with Gasteiger partial charge in [0.25, 0.3) is 0 Å². The van der Waals surface area contributed by atoms with Gasteiger partial charge < -0.3 is 137 Å². The van der Waals surface area contributed by atoms with E-state index >= 15 is 19.2 Å². The van der Waals surface area contributed by atoms with Crippen LogP contribution in [0.15, 0.2) is 78.9 Å². The molecule has 39 heteroatoms. The Bertz CT molecular complexity index is 4580. The topological polar surface area (TPSA) is 569 Å². The second-order valence-corrected chi connectivity index (χ2v) is 31.4. The van der Waals surface area contributed by atoms with E-state index < -0.39 is 283 Å². The van der Waals surface area contributed by atoms with E-state index in [4.69, 9.17) is 66.8 Å². The minimum Gasteiger partial charge on any atom is -0.508 e. The molecule has 5 aromatic carbocycles. The first-order valence-corrected chi connectivity index (χ1v) is 36.6. The normalized spacial score (nSPS) is 27.6. The Morgan fingerprint density at radius 1 is 0.667 bits per heavy atom. The van der Waals surface area contributed by atoms with Crippen molar-refractivity contribution in [1.29, 1.82) is 0 Å². The number of fused-ring (bicyclic) bond motifs is 15. The molecule has 0 aliphatic carbocycles. The summed E-state index contributed by atoms with van der Waals surface area (Å²) in [6.07, 6.45) is -22.5. The number of phenolic OH excluding ortho intramolecular Hbond substituents is 3. The molecular weight excluding hydrogens is 1550 g/mol. The van der Waals surface area contributed by atoms with E-state index in [0.717, 1.165) is 78.9 Å². The van der Waals surface area contributed by atoms with E-state index in [1.54, 1.807) is 55.4 Å². The fourth-order valence-electron chi connectivity index (χ4n) is 13.4. The van der Waals surface area contributed by atoms with Gasteiger partial charge in [-0.1, -0.05) is 55.2 Å². The highest BCUT2D eigenvalue weighted by molar-refractivity contribution is 6.32. The number of carbonyl (C=O) groups excluding carboxylic acids is 9. The van der Waals surface area contributed by atoms with E-state index in [0.29, 0.717) is 0 Å². The van der Waals surface area contributed by atoms with Crippen LogP contribution in [0.5, 0.6) is 46.0 Å². The molecule has 12 rings (SSSR count). The van der Waals surface area contributed by atoms with Gasteiger partial charge in [-0.05, 0) is 145 Å². The molecule has 0 aromatic heterocycles. The predicted octanol–water partition coefficient (Wildman–Crippen LogP) is 2.98. The number of hydrogen-bond acceptors (Lipinski definition) is 27. The van der Waals surface area contributed by atoms with Crippen LogP contribution in [-0.2, 0) is 62.0 Å². The summed E-state index contributed by atoms with van der Waals surface area (Å²) in [6, 6.07) is -2.22. The van der Waals surface area contributed by atoms with Gasteiger partial charge in [0.1, 0.15) is 113 Å². The molecule has 20 N–H and O–H groups in total. The number of hydrogen-bond donors (Lipinski definition) is 19. The first kappa shape index (κ1) is 85.8. The number of phenols is 3. The summed E-state index contributed by atoms with van der Waals surface area (Å²) >= 11 is 14.2. The highest BCUT2D eigenvalue weighted by atomic mass is 35.5. The van der Waals surface area contributed by atoms with Gasteiger partial charge in [0, 0.05) is 29.2 Å². The quantitative estimate of drug-likeness (QED) is 0.0760. The number of benzene rings is 5. The summed E-state index contributed by atoms with van der Waals surface area (Å²) in [6.45, 7) is 14.7. The Kier molecular flexibility index (Phi) is 25.8. The Morgan fingerprint density at radius 3 is 1.82 bits per heavy atom. The van der Waals surface area contributed by atoms with E-state index in [-0.39, 0.29) is 23.5 Å². The second-order valence-electron chi connectivity index (χ2n) is 30.6. The molecule has 37 nitrogen and oxygen atoms in total. The molecule has 18 atom stereocenters. The summed E-state index contributed by atoms with van der Waals surface area (Å²) in [5.74, 6) is -17.4. The lowest BCUT2D eigenvalue weighted by molar-refractivity contribution is -0.334. The van der Waals surface area contributed by atoms with Crippen molar-refractivity contribution in [3.05, 3.63) is 117 Å². The van der Waals surface area contributed by atoms with Gasteiger partial charge in [0.15, 0.2) is 29.9 Å². The van der Waals surface area contributed by atoms with Gasteiger partial charge in [-0.25, -0.2) is 14.4 Å². The number of aliphatic hydroxyl groups excluding tert-OH is 6. The SMILES string of the molecule is CC(C)C[C@@H](NC(=O)OC(C)(C)C)C(=O)N[C@H]1C(=O)N[C@@H](CC(N)=O)C(=O)N[C@H]2C(=O)N[C@H]3C(=O)N[C@@H](C(=O)N[C@H](C(=O)O)c4cc(O)cc(O)c4-c4cc3ccc4O)[C@H](O)c3ccc(c(Cl)c3)Oc3cc2cc(c3OC2OC(CO)C(O)C(O)C2OC2CC(C)(NC(=O)OC(C)(C)C)C(O)C(C)O2)Oc2ccc(cc2Cl)[C@H]1O. The number of amides is 9. The largest absolute Gasteiger partial charge is 0.508 e. The summed E-state index contributed by atoms with van der Waals surface area (Å²) in [5.41, 5.74) is -1.14. The van der Waals surface area contributed by atoms with Crippen molar-refractivity contribution in [2.24, 2.45) is 11.7 Å². The maximum absolute atomic E-state index is 16.2. The van der Waals surface area contributed by atoms with Crippen molar-refractivity contribution in [3.8, 4) is 57.1 Å². The smallest absolute Gasteiger partial charge is 0.408 e.